The largest absolute Gasteiger partial charge is 0.459 e. The van der Waals surface area contributed by atoms with Crippen LogP contribution in [0.2, 0.25) is 18.1 Å². The number of carbonyl (C=O) groups is 2. The van der Waals surface area contributed by atoms with E-state index in [4.69, 9.17) is 9.16 Å². The summed E-state index contributed by atoms with van der Waals surface area (Å²) in [5.74, 6) is -0.506. The average Bonchev–Trinajstić information content (AvgIpc) is 2.64. The van der Waals surface area contributed by atoms with E-state index in [0.717, 1.165) is 12.8 Å². The maximum atomic E-state index is 12.1. The Balaban J connectivity index is 2.03. The minimum Gasteiger partial charge on any atom is -0.459 e. The summed E-state index contributed by atoms with van der Waals surface area (Å²) in [5, 5.41) is 0.117. The maximum absolute atomic E-state index is 12.1. The van der Waals surface area contributed by atoms with E-state index in [1.165, 1.54) is 0 Å². The van der Waals surface area contributed by atoms with E-state index in [1.54, 1.807) is 0 Å². The summed E-state index contributed by atoms with van der Waals surface area (Å²) in [5.41, 5.74) is 0. The van der Waals surface area contributed by atoms with Gasteiger partial charge in [-0.2, -0.15) is 0 Å². The van der Waals surface area contributed by atoms with E-state index in [-0.39, 0.29) is 34.7 Å². The van der Waals surface area contributed by atoms with Gasteiger partial charge in [-0.05, 0) is 31.0 Å². The molecule has 0 spiro atoms. The first kappa shape index (κ1) is 15.7. The van der Waals surface area contributed by atoms with Crippen molar-refractivity contribution in [1.82, 2.24) is 0 Å². The van der Waals surface area contributed by atoms with Crippen molar-refractivity contribution >= 4 is 20.1 Å². The van der Waals surface area contributed by atoms with E-state index < -0.39 is 8.32 Å². The third kappa shape index (κ3) is 2.84. The van der Waals surface area contributed by atoms with Crippen molar-refractivity contribution in [3.8, 4) is 0 Å². The van der Waals surface area contributed by atoms with Gasteiger partial charge in [0.15, 0.2) is 8.32 Å². The molecule has 0 bridgehead atoms. The summed E-state index contributed by atoms with van der Waals surface area (Å²) < 4.78 is 11.6. The number of cyclic esters (lactones) is 1. The molecule has 0 aromatic carbocycles. The van der Waals surface area contributed by atoms with Gasteiger partial charge in [0, 0.05) is 6.42 Å². The van der Waals surface area contributed by atoms with Gasteiger partial charge in [0.05, 0.1) is 18.4 Å². The van der Waals surface area contributed by atoms with Crippen LogP contribution in [0, 0.1) is 11.8 Å². The molecule has 0 radical (unpaired) electrons. The Morgan fingerprint density at radius 3 is 2.55 bits per heavy atom. The van der Waals surface area contributed by atoms with Crippen LogP contribution >= 0.6 is 0 Å². The molecule has 0 aromatic rings. The van der Waals surface area contributed by atoms with Crippen LogP contribution in [0.3, 0.4) is 0 Å². The fourth-order valence-electron chi connectivity index (χ4n) is 2.75. The molecule has 1 saturated carbocycles. The van der Waals surface area contributed by atoms with Crippen LogP contribution in [-0.2, 0) is 18.8 Å². The minimum absolute atomic E-state index is 0.117. The average molecular weight is 298 g/mol. The summed E-state index contributed by atoms with van der Waals surface area (Å²) in [6.07, 6.45) is 1.81. The minimum atomic E-state index is -1.88. The standard InChI is InChI=1S/C15H26O4Si/c1-15(2,3)20(4,5)18-9-12-13-10(14(17)19-12)7-6-8-11(13)16/h10,12-13H,6-9H2,1-5H3/t10-,12-,13-/m1/s1. The van der Waals surface area contributed by atoms with Crippen molar-refractivity contribution in [3.63, 3.8) is 0 Å². The van der Waals surface area contributed by atoms with Gasteiger partial charge < -0.3 is 9.16 Å². The molecule has 3 atom stereocenters. The van der Waals surface area contributed by atoms with E-state index in [0.29, 0.717) is 13.0 Å². The quantitative estimate of drug-likeness (QED) is 0.594. The number of hydrogen-bond donors (Lipinski definition) is 0. The smallest absolute Gasteiger partial charge is 0.310 e. The van der Waals surface area contributed by atoms with Crippen LogP contribution in [0.1, 0.15) is 40.0 Å². The van der Waals surface area contributed by atoms with E-state index in [9.17, 15) is 9.59 Å². The number of esters is 1. The molecule has 0 unspecified atom stereocenters. The second-order valence-electron chi connectivity index (χ2n) is 7.54. The second kappa shape index (κ2) is 5.26. The predicted octanol–water partition coefficient (Wildman–Crippen LogP) is 2.92. The molecule has 0 amide bonds. The maximum Gasteiger partial charge on any atom is 0.310 e. The Bertz CT molecular complexity index is 411. The van der Waals surface area contributed by atoms with Gasteiger partial charge in [0.25, 0.3) is 0 Å². The zero-order chi connectivity index (χ0) is 15.1. The molecule has 2 fully saturated rings. The van der Waals surface area contributed by atoms with Crippen molar-refractivity contribution in [2.24, 2.45) is 11.8 Å². The highest BCUT2D eigenvalue weighted by atomic mass is 28.4. The molecule has 114 valence electrons. The molecular weight excluding hydrogens is 272 g/mol. The Labute approximate surface area is 122 Å². The normalized spacial score (nSPS) is 31.1. The number of carbonyl (C=O) groups excluding carboxylic acids is 2. The molecule has 0 N–H and O–H groups in total. The fourth-order valence-corrected chi connectivity index (χ4v) is 3.77. The lowest BCUT2D eigenvalue weighted by Gasteiger charge is -2.37. The van der Waals surface area contributed by atoms with Crippen LogP contribution in [0.25, 0.3) is 0 Å². The zero-order valence-corrected chi connectivity index (χ0v) is 14.2. The molecule has 4 nitrogen and oxygen atoms in total. The van der Waals surface area contributed by atoms with Gasteiger partial charge in [-0.3, -0.25) is 9.59 Å². The van der Waals surface area contributed by atoms with Crippen molar-refractivity contribution in [3.05, 3.63) is 0 Å². The molecule has 2 aliphatic rings. The highest BCUT2D eigenvalue weighted by Gasteiger charge is 2.50. The molecular formula is C15H26O4Si. The summed E-state index contributed by atoms with van der Waals surface area (Å²) >= 11 is 0. The molecule has 5 heteroatoms. The van der Waals surface area contributed by atoms with Crippen LogP contribution in [0.4, 0.5) is 0 Å². The Morgan fingerprint density at radius 1 is 1.30 bits per heavy atom. The summed E-state index contributed by atoms with van der Waals surface area (Å²) in [6, 6.07) is 0. The number of hydrogen-bond acceptors (Lipinski definition) is 4. The zero-order valence-electron chi connectivity index (χ0n) is 13.2. The number of ketones is 1. The van der Waals surface area contributed by atoms with E-state index in [2.05, 4.69) is 33.9 Å². The van der Waals surface area contributed by atoms with Crippen LogP contribution in [0.5, 0.6) is 0 Å². The second-order valence-corrected chi connectivity index (χ2v) is 12.3. The number of Topliss-reactive ketones (excluding diaryl/α,β-unsaturated/α-hetero) is 1. The van der Waals surface area contributed by atoms with E-state index in [1.807, 2.05) is 0 Å². The summed E-state index contributed by atoms with van der Waals surface area (Å²) in [6.45, 7) is 11.2. The van der Waals surface area contributed by atoms with Crippen molar-refractivity contribution < 1.29 is 18.8 Å². The van der Waals surface area contributed by atoms with E-state index >= 15 is 0 Å². The first-order valence-electron chi connectivity index (χ1n) is 7.50. The first-order chi connectivity index (χ1) is 9.13. The number of ether oxygens (including phenoxy) is 1. The van der Waals surface area contributed by atoms with Crippen molar-refractivity contribution in [2.75, 3.05) is 6.61 Å². The topological polar surface area (TPSA) is 52.6 Å². The Hall–Kier alpha value is -0.683. The van der Waals surface area contributed by atoms with Gasteiger partial charge in [-0.1, -0.05) is 20.8 Å². The monoisotopic (exact) mass is 298 g/mol. The van der Waals surface area contributed by atoms with Gasteiger partial charge in [0.1, 0.15) is 11.9 Å². The Kier molecular flexibility index (Phi) is 4.13. The summed E-state index contributed by atoms with van der Waals surface area (Å²) in [4.78, 5) is 23.9. The number of fused-ring (bicyclic) bond motifs is 1. The molecule has 1 saturated heterocycles. The van der Waals surface area contributed by atoms with Crippen LogP contribution in [0.15, 0.2) is 0 Å². The van der Waals surface area contributed by atoms with Gasteiger partial charge in [-0.15, -0.1) is 0 Å². The predicted molar refractivity (Wildman–Crippen MR) is 78.9 cm³/mol. The van der Waals surface area contributed by atoms with Crippen LogP contribution < -0.4 is 0 Å². The lowest BCUT2D eigenvalue weighted by Crippen LogP contribution is -2.44. The SMILES string of the molecule is CC(C)(C)[Si](C)(C)OC[C@H]1OC(=O)[C@@H]2CCCC(=O)[C@H]12. The van der Waals surface area contributed by atoms with Gasteiger partial charge in [0.2, 0.25) is 0 Å². The highest BCUT2D eigenvalue weighted by Crippen LogP contribution is 2.40. The van der Waals surface area contributed by atoms with Crippen molar-refractivity contribution in [2.45, 2.75) is 64.3 Å². The third-order valence-electron chi connectivity index (χ3n) is 5.13. The molecule has 2 rings (SSSR count). The molecule has 0 aromatic heterocycles. The summed E-state index contributed by atoms with van der Waals surface area (Å²) in [7, 11) is -1.88. The molecule has 20 heavy (non-hydrogen) atoms. The highest BCUT2D eigenvalue weighted by molar-refractivity contribution is 6.74. The fraction of sp³-hybridized carbons (Fsp3) is 0.867. The van der Waals surface area contributed by atoms with Crippen LogP contribution in [-0.4, -0.2) is 32.8 Å². The number of rotatable bonds is 3. The van der Waals surface area contributed by atoms with Gasteiger partial charge in [-0.25, -0.2) is 0 Å². The Morgan fingerprint density at radius 2 is 1.95 bits per heavy atom. The first-order valence-corrected chi connectivity index (χ1v) is 10.4. The lowest BCUT2D eigenvalue weighted by atomic mass is 9.77. The van der Waals surface area contributed by atoms with Gasteiger partial charge >= 0.3 is 5.97 Å². The molecule has 1 heterocycles. The molecule has 1 aliphatic heterocycles. The van der Waals surface area contributed by atoms with Crippen molar-refractivity contribution in [1.29, 1.82) is 0 Å². The lowest BCUT2D eigenvalue weighted by molar-refractivity contribution is -0.145. The third-order valence-corrected chi connectivity index (χ3v) is 9.63. The molecule has 1 aliphatic carbocycles.